The van der Waals surface area contributed by atoms with Gasteiger partial charge in [-0.25, -0.2) is 0 Å². The fourth-order valence-corrected chi connectivity index (χ4v) is 2.90. The maximum atomic E-state index is 12.1. The summed E-state index contributed by atoms with van der Waals surface area (Å²) in [6.45, 7) is 0.513. The summed E-state index contributed by atoms with van der Waals surface area (Å²) in [5, 5.41) is 15.6. The molecule has 3 atom stereocenters. The van der Waals surface area contributed by atoms with Crippen LogP contribution in [0.15, 0.2) is 24.3 Å². The van der Waals surface area contributed by atoms with E-state index in [0.717, 1.165) is 12.8 Å². The van der Waals surface area contributed by atoms with Crippen molar-refractivity contribution in [1.29, 1.82) is 0 Å². The van der Waals surface area contributed by atoms with E-state index in [1.165, 1.54) is 11.1 Å². The van der Waals surface area contributed by atoms with Gasteiger partial charge in [0.2, 0.25) is 5.91 Å². The summed E-state index contributed by atoms with van der Waals surface area (Å²) in [7, 11) is 0. The Kier molecular flexibility index (Phi) is 3.06. The number of carbonyl (C=O) groups is 1. The molecule has 3 N–H and O–H groups in total. The third kappa shape index (κ3) is 2.13. The highest BCUT2D eigenvalue weighted by molar-refractivity contribution is 5.82. The predicted octanol–water partition coefficient (Wildman–Crippen LogP) is 0.513. The molecule has 4 nitrogen and oxygen atoms in total. The zero-order valence-corrected chi connectivity index (χ0v) is 10.2. The van der Waals surface area contributed by atoms with E-state index in [1.54, 1.807) is 0 Å². The van der Waals surface area contributed by atoms with Crippen LogP contribution in [0.2, 0.25) is 0 Å². The van der Waals surface area contributed by atoms with E-state index < -0.39 is 6.10 Å². The molecule has 2 aliphatic rings. The van der Waals surface area contributed by atoms with Crippen LogP contribution >= 0.6 is 0 Å². The first-order valence-electron chi connectivity index (χ1n) is 6.53. The van der Waals surface area contributed by atoms with E-state index in [4.69, 9.17) is 0 Å². The number of nitrogens with one attached hydrogen (secondary N) is 2. The van der Waals surface area contributed by atoms with E-state index in [-0.39, 0.29) is 18.0 Å². The molecule has 1 aromatic rings. The molecule has 1 aromatic carbocycles. The van der Waals surface area contributed by atoms with E-state index in [9.17, 15) is 9.90 Å². The molecule has 0 bridgehead atoms. The van der Waals surface area contributed by atoms with Crippen molar-refractivity contribution >= 4 is 5.91 Å². The Bertz CT molecular complexity index is 461. The minimum atomic E-state index is -0.392. The van der Waals surface area contributed by atoms with Crippen molar-refractivity contribution in [1.82, 2.24) is 10.6 Å². The number of fused-ring (bicyclic) bond motifs is 1. The number of hydrogen-bond donors (Lipinski definition) is 3. The van der Waals surface area contributed by atoms with Crippen molar-refractivity contribution in [3.05, 3.63) is 35.4 Å². The Morgan fingerprint density at radius 2 is 2.22 bits per heavy atom. The quantitative estimate of drug-likeness (QED) is 0.712. The summed E-state index contributed by atoms with van der Waals surface area (Å²) < 4.78 is 0. The van der Waals surface area contributed by atoms with E-state index in [0.29, 0.717) is 13.0 Å². The summed E-state index contributed by atoms with van der Waals surface area (Å²) in [5.74, 6) is 0.00764. The number of aliphatic hydroxyl groups is 1. The van der Waals surface area contributed by atoms with Gasteiger partial charge < -0.3 is 15.7 Å². The standard InChI is InChI=1S/C14H18N2O2/c17-10-7-13(15-8-10)14(18)16-12-6-5-9-3-1-2-4-11(9)12/h1-4,10,12-13,15,17H,5-8H2,(H,16,18)/t10-,12+,13-/m0/s1. The van der Waals surface area contributed by atoms with Crippen LogP contribution in [0.5, 0.6) is 0 Å². The largest absolute Gasteiger partial charge is 0.392 e. The first kappa shape index (κ1) is 11.7. The molecule has 0 radical (unpaired) electrons. The predicted molar refractivity (Wildman–Crippen MR) is 68.1 cm³/mol. The second-order valence-corrected chi connectivity index (χ2v) is 5.15. The molecule has 0 spiro atoms. The van der Waals surface area contributed by atoms with Gasteiger partial charge in [-0.05, 0) is 30.4 Å². The average molecular weight is 246 g/mol. The summed E-state index contributed by atoms with van der Waals surface area (Å²) >= 11 is 0. The Hall–Kier alpha value is -1.39. The van der Waals surface area contributed by atoms with E-state index in [2.05, 4.69) is 22.8 Å². The van der Waals surface area contributed by atoms with Crippen molar-refractivity contribution in [2.75, 3.05) is 6.54 Å². The minimum absolute atomic E-state index is 0.00764. The van der Waals surface area contributed by atoms with Crippen molar-refractivity contribution in [3.63, 3.8) is 0 Å². The van der Waals surface area contributed by atoms with Gasteiger partial charge >= 0.3 is 0 Å². The molecule has 1 fully saturated rings. The molecule has 0 aromatic heterocycles. The highest BCUT2D eigenvalue weighted by atomic mass is 16.3. The normalized spacial score (nSPS) is 30.2. The molecule has 1 heterocycles. The number of β-amino-alcohol motifs (C(OH)–C–C–N with tert-alkyl or cyclic N) is 1. The fourth-order valence-electron chi connectivity index (χ4n) is 2.90. The van der Waals surface area contributed by atoms with Gasteiger partial charge in [0.15, 0.2) is 0 Å². The van der Waals surface area contributed by atoms with Crippen LogP contribution in [0, 0.1) is 0 Å². The first-order chi connectivity index (χ1) is 8.74. The first-order valence-corrected chi connectivity index (χ1v) is 6.53. The van der Waals surface area contributed by atoms with Crippen LogP contribution in [-0.4, -0.2) is 29.7 Å². The molecule has 4 heteroatoms. The number of aliphatic hydroxyl groups excluding tert-OH is 1. The molecule has 1 saturated heterocycles. The van der Waals surface area contributed by atoms with Gasteiger partial charge in [-0.1, -0.05) is 24.3 Å². The van der Waals surface area contributed by atoms with Gasteiger partial charge in [0, 0.05) is 6.54 Å². The van der Waals surface area contributed by atoms with Gasteiger partial charge in [0.1, 0.15) is 0 Å². The maximum absolute atomic E-state index is 12.1. The van der Waals surface area contributed by atoms with E-state index in [1.807, 2.05) is 12.1 Å². The lowest BCUT2D eigenvalue weighted by Gasteiger charge is -2.17. The molecule has 1 amide bonds. The molecule has 0 saturated carbocycles. The van der Waals surface area contributed by atoms with Gasteiger partial charge in [0.25, 0.3) is 0 Å². The molecule has 0 unspecified atom stereocenters. The topological polar surface area (TPSA) is 61.4 Å². The fraction of sp³-hybridized carbons (Fsp3) is 0.500. The Labute approximate surface area is 106 Å². The van der Waals surface area contributed by atoms with E-state index >= 15 is 0 Å². The van der Waals surface area contributed by atoms with Crippen molar-refractivity contribution in [2.45, 2.75) is 37.5 Å². The highest BCUT2D eigenvalue weighted by Crippen LogP contribution is 2.30. The zero-order chi connectivity index (χ0) is 12.5. The molecule has 18 heavy (non-hydrogen) atoms. The number of rotatable bonds is 2. The smallest absolute Gasteiger partial charge is 0.237 e. The van der Waals surface area contributed by atoms with Gasteiger partial charge in [-0.2, -0.15) is 0 Å². The molecular formula is C14H18N2O2. The summed E-state index contributed by atoms with van der Waals surface area (Å²) in [6.07, 6.45) is 2.12. The molecule has 1 aliphatic heterocycles. The van der Waals surface area contributed by atoms with Crippen LogP contribution in [0.3, 0.4) is 0 Å². The molecule has 96 valence electrons. The Balaban J connectivity index is 1.66. The number of aryl methyl sites for hydroxylation is 1. The number of benzene rings is 1. The second kappa shape index (κ2) is 4.71. The number of hydrogen-bond acceptors (Lipinski definition) is 3. The van der Waals surface area contributed by atoms with Crippen LogP contribution in [0.1, 0.15) is 30.0 Å². The molecular weight excluding hydrogens is 228 g/mol. The highest BCUT2D eigenvalue weighted by Gasteiger charge is 2.31. The summed E-state index contributed by atoms with van der Waals surface area (Å²) in [5.41, 5.74) is 2.58. The van der Waals surface area contributed by atoms with Crippen LogP contribution < -0.4 is 10.6 Å². The lowest BCUT2D eigenvalue weighted by Crippen LogP contribution is -2.41. The van der Waals surface area contributed by atoms with Crippen LogP contribution in [0.4, 0.5) is 0 Å². The average Bonchev–Trinajstić information content (AvgIpc) is 2.97. The van der Waals surface area contributed by atoms with Gasteiger partial charge in [0.05, 0.1) is 18.2 Å². The third-order valence-electron chi connectivity index (χ3n) is 3.87. The van der Waals surface area contributed by atoms with Crippen molar-refractivity contribution in [2.24, 2.45) is 0 Å². The third-order valence-corrected chi connectivity index (χ3v) is 3.87. The summed E-state index contributed by atoms with van der Waals surface area (Å²) in [6, 6.07) is 8.16. The monoisotopic (exact) mass is 246 g/mol. The molecule has 1 aliphatic carbocycles. The van der Waals surface area contributed by atoms with Crippen LogP contribution in [0.25, 0.3) is 0 Å². The van der Waals surface area contributed by atoms with Crippen molar-refractivity contribution < 1.29 is 9.90 Å². The van der Waals surface area contributed by atoms with Gasteiger partial charge in [-0.15, -0.1) is 0 Å². The minimum Gasteiger partial charge on any atom is -0.392 e. The maximum Gasteiger partial charge on any atom is 0.237 e. The number of carbonyl (C=O) groups excluding carboxylic acids is 1. The Morgan fingerprint density at radius 3 is 3.00 bits per heavy atom. The number of amides is 1. The Morgan fingerprint density at radius 1 is 1.39 bits per heavy atom. The van der Waals surface area contributed by atoms with Crippen LogP contribution in [-0.2, 0) is 11.2 Å². The SMILES string of the molecule is O=C(N[C@@H]1CCc2ccccc21)[C@@H]1C[C@H](O)CN1. The van der Waals surface area contributed by atoms with Gasteiger partial charge in [-0.3, -0.25) is 4.79 Å². The lowest BCUT2D eigenvalue weighted by atomic mass is 10.1. The van der Waals surface area contributed by atoms with Crippen molar-refractivity contribution in [3.8, 4) is 0 Å². The second-order valence-electron chi connectivity index (χ2n) is 5.15. The zero-order valence-electron chi connectivity index (χ0n) is 10.2. The lowest BCUT2D eigenvalue weighted by molar-refractivity contribution is -0.123. The molecule has 3 rings (SSSR count). The summed E-state index contributed by atoms with van der Waals surface area (Å²) in [4.78, 5) is 12.1.